The summed E-state index contributed by atoms with van der Waals surface area (Å²) in [7, 11) is 0. The Morgan fingerprint density at radius 1 is 1.15 bits per heavy atom. The molecule has 0 saturated heterocycles. The van der Waals surface area contributed by atoms with E-state index in [1.54, 1.807) is 28.3 Å². The molecule has 4 rings (SSSR count). The van der Waals surface area contributed by atoms with Crippen LogP contribution in [0, 0.1) is 6.92 Å². The molecular formula is C21H20N4OS. The largest absolute Gasteiger partial charge is 0.321 e. The van der Waals surface area contributed by atoms with E-state index in [2.05, 4.69) is 42.5 Å². The summed E-state index contributed by atoms with van der Waals surface area (Å²) >= 11 is 1.68. The third-order valence-corrected chi connectivity index (χ3v) is 5.39. The minimum absolute atomic E-state index is 0.149. The molecule has 0 unspecified atom stereocenters. The van der Waals surface area contributed by atoms with Gasteiger partial charge in [-0.2, -0.15) is 5.10 Å². The van der Waals surface area contributed by atoms with Crippen molar-refractivity contribution in [2.45, 2.75) is 26.8 Å². The van der Waals surface area contributed by atoms with Crippen molar-refractivity contribution in [2.75, 3.05) is 5.32 Å². The molecule has 5 nitrogen and oxygen atoms in total. The Labute approximate surface area is 161 Å². The summed E-state index contributed by atoms with van der Waals surface area (Å²) in [6.45, 7) is 4.87. The van der Waals surface area contributed by atoms with Crippen LogP contribution < -0.4 is 5.32 Å². The highest BCUT2D eigenvalue weighted by Gasteiger charge is 2.12. The number of thiazole rings is 1. The Morgan fingerprint density at radius 3 is 2.74 bits per heavy atom. The monoisotopic (exact) mass is 376 g/mol. The minimum atomic E-state index is -0.149. The highest BCUT2D eigenvalue weighted by molar-refractivity contribution is 7.21. The summed E-state index contributed by atoms with van der Waals surface area (Å²) in [4.78, 5) is 17.2. The first kappa shape index (κ1) is 17.4. The molecule has 0 fully saturated rings. The molecule has 1 N–H and O–H groups in total. The van der Waals surface area contributed by atoms with Crippen LogP contribution in [0.15, 0.2) is 54.7 Å². The first-order chi connectivity index (χ1) is 13.1. The van der Waals surface area contributed by atoms with Gasteiger partial charge in [0.25, 0.3) is 5.91 Å². The van der Waals surface area contributed by atoms with Crippen LogP contribution in [0.3, 0.4) is 0 Å². The Hall–Kier alpha value is -2.99. The predicted molar refractivity (Wildman–Crippen MR) is 110 cm³/mol. The fraction of sp³-hybridized carbons (Fsp3) is 0.190. The Kier molecular flexibility index (Phi) is 4.73. The van der Waals surface area contributed by atoms with E-state index >= 15 is 0 Å². The van der Waals surface area contributed by atoms with Crippen LogP contribution in [0.5, 0.6) is 0 Å². The van der Waals surface area contributed by atoms with Gasteiger partial charge in [-0.3, -0.25) is 9.48 Å². The van der Waals surface area contributed by atoms with E-state index in [1.165, 1.54) is 10.3 Å². The highest BCUT2D eigenvalue weighted by atomic mass is 32.1. The number of anilines is 1. The van der Waals surface area contributed by atoms with Crippen molar-refractivity contribution in [3.05, 3.63) is 66.0 Å². The summed E-state index contributed by atoms with van der Waals surface area (Å²) in [5.41, 5.74) is 4.62. The highest BCUT2D eigenvalue weighted by Crippen LogP contribution is 2.31. The van der Waals surface area contributed by atoms with E-state index in [1.807, 2.05) is 24.3 Å². The van der Waals surface area contributed by atoms with Crippen molar-refractivity contribution in [3.63, 3.8) is 0 Å². The SMILES string of the molecule is CCCn1nccc1C(=O)Nc1ccc(-c2nc3ccc(C)cc3s2)cc1. The molecule has 2 aromatic carbocycles. The Balaban J connectivity index is 1.53. The Bertz CT molecular complexity index is 1100. The first-order valence-corrected chi connectivity index (χ1v) is 9.76. The number of benzene rings is 2. The van der Waals surface area contributed by atoms with Gasteiger partial charge in [0.2, 0.25) is 0 Å². The van der Waals surface area contributed by atoms with Crippen molar-refractivity contribution in [1.82, 2.24) is 14.8 Å². The Morgan fingerprint density at radius 2 is 1.96 bits per heavy atom. The van der Waals surface area contributed by atoms with Gasteiger partial charge in [0, 0.05) is 24.0 Å². The molecule has 0 aliphatic rings. The summed E-state index contributed by atoms with van der Waals surface area (Å²) in [5.74, 6) is -0.149. The zero-order valence-corrected chi connectivity index (χ0v) is 16.1. The average molecular weight is 376 g/mol. The molecule has 0 spiro atoms. The third-order valence-electron chi connectivity index (χ3n) is 4.32. The van der Waals surface area contributed by atoms with E-state index < -0.39 is 0 Å². The van der Waals surface area contributed by atoms with Crippen LogP contribution >= 0.6 is 11.3 Å². The van der Waals surface area contributed by atoms with Crippen molar-refractivity contribution < 1.29 is 4.79 Å². The number of carbonyl (C=O) groups excluding carboxylic acids is 1. The lowest BCUT2D eigenvalue weighted by molar-refractivity contribution is 0.101. The molecule has 6 heteroatoms. The summed E-state index contributed by atoms with van der Waals surface area (Å²) in [6, 6.07) is 15.8. The van der Waals surface area contributed by atoms with Gasteiger partial charge < -0.3 is 5.32 Å². The van der Waals surface area contributed by atoms with Crippen molar-refractivity contribution in [1.29, 1.82) is 0 Å². The number of hydrogen-bond donors (Lipinski definition) is 1. The fourth-order valence-corrected chi connectivity index (χ4v) is 4.03. The van der Waals surface area contributed by atoms with Gasteiger partial charge in [0.05, 0.1) is 10.2 Å². The van der Waals surface area contributed by atoms with Crippen LogP contribution in [0.25, 0.3) is 20.8 Å². The molecule has 2 aromatic heterocycles. The number of rotatable bonds is 5. The summed E-state index contributed by atoms with van der Waals surface area (Å²) < 4.78 is 2.92. The average Bonchev–Trinajstić information content (AvgIpc) is 3.29. The lowest BCUT2D eigenvalue weighted by Gasteiger charge is -2.08. The molecule has 136 valence electrons. The van der Waals surface area contributed by atoms with Gasteiger partial charge in [-0.15, -0.1) is 11.3 Å². The standard InChI is InChI=1S/C21H20N4OS/c1-3-12-25-18(10-11-22-25)20(26)23-16-7-5-15(6-8-16)21-24-17-9-4-14(2)13-19(17)27-21/h4-11,13H,3,12H2,1-2H3,(H,23,26). The second-order valence-electron chi connectivity index (χ2n) is 6.46. The van der Waals surface area contributed by atoms with E-state index in [0.29, 0.717) is 5.69 Å². The van der Waals surface area contributed by atoms with Gasteiger partial charge >= 0.3 is 0 Å². The molecule has 1 amide bonds. The fourth-order valence-electron chi connectivity index (χ4n) is 2.96. The van der Waals surface area contributed by atoms with Gasteiger partial charge in [-0.25, -0.2) is 4.98 Å². The zero-order chi connectivity index (χ0) is 18.8. The van der Waals surface area contributed by atoms with Gasteiger partial charge in [-0.1, -0.05) is 13.0 Å². The van der Waals surface area contributed by atoms with E-state index in [4.69, 9.17) is 4.98 Å². The van der Waals surface area contributed by atoms with Crippen LogP contribution in [-0.2, 0) is 6.54 Å². The molecule has 0 aliphatic carbocycles. The summed E-state index contributed by atoms with van der Waals surface area (Å²) in [6.07, 6.45) is 2.58. The van der Waals surface area contributed by atoms with Crippen LogP contribution in [0.4, 0.5) is 5.69 Å². The van der Waals surface area contributed by atoms with Crippen LogP contribution in [-0.4, -0.2) is 20.7 Å². The number of nitrogens with zero attached hydrogens (tertiary/aromatic N) is 3. The number of carbonyl (C=O) groups is 1. The molecule has 0 saturated carbocycles. The number of aryl methyl sites for hydroxylation is 2. The number of fused-ring (bicyclic) bond motifs is 1. The second kappa shape index (κ2) is 7.32. The summed E-state index contributed by atoms with van der Waals surface area (Å²) in [5, 5.41) is 8.12. The van der Waals surface area contributed by atoms with Crippen molar-refractivity contribution in [2.24, 2.45) is 0 Å². The van der Waals surface area contributed by atoms with Crippen molar-refractivity contribution >= 4 is 33.1 Å². The van der Waals surface area contributed by atoms with Crippen molar-refractivity contribution in [3.8, 4) is 10.6 Å². The molecule has 4 aromatic rings. The number of nitrogens with one attached hydrogen (secondary N) is 1. The van der Waals surface area contributed by atoms with E-state index in [0.717, 1.165) is 34.7 Å². The zero-order valence-electron chi connectivity index (χ0n) is 15.3. The van der Waals surface area contributed by atoms with E-state index in [9.17, 15) is 4.79 Å². The molecule has 0 bridgehead atoms. The molecule has 0 radical (unpaired) electrons. The van der Waals surface area contributed by atoms with Gasteiger partial charge in [-0.05, 0) is 61.4 Å². The smallest absolute Gasteiger partial charge is 0.273 e. The normalized spacial score (nSPS) is 11.0. The topological polar surface area (TPSA) is 59.8 Å². The third kappa shape index (κ3) is 3.61. The lowest BCUT2D eigenvalue weighted by atomic mass is 10.2. The molecule has 2 heterocycles. The minimum Gasteiger partial charge on any atom is -0.321 e. The maximum absolute atomic E-state index is 12.5. The molecular weight excluding hydrogens is 356 g/mol. The first-order valence-electron chi connectivity index (χ1n) is 8.95. The number of amides is 1. The molecule has 0 atom stereocenters. The number of aromatic nitrogens is 3. The quantitative estimate of drug-likeness (QED) is 0.525. The predicted octanol–water partition coefficient (Wildman–Crippen LogP) is 5.13. The maximum Gasteiger partial charge on any atom is 0.273 e. The van der Waals surface area contributed by atoms with Gasteiger partial charge in [0.1, 0.15) is 10.7 Å². The maximum atomic E-state index is 12.5. The van der Waals surface area contributed by atoms with Crippen LogP contribution in [0.1, 0.15) is 29.4 Å². The molecule has 0 aliphatic heterocycles. The second-order valence-corrected chi connectivity index (χ2v) is 7.49. The lowest BCUT2D eigenvalue weighted by Crippen LogP contribution is -2.17. The number of hydrogen-bond acceptors (Lipinski definition) is 4. The van der Waals surface area contributed by atoms with E-state index in [-0.39, 0.29) is 5.91 Å². The van der Waals surface area contributed by atoms with Gasteiger partial charge in [0.15, 0.2) is 0 Å². The van der Waals surface area contributed by atoms with Crippen LogP contribution in [0.2, 0.25) is 0 Å². The molecule has 27 heavy (non-hydrogen) atoms.